The molecule has 0 saturated carbocycles. The lowest BCUT2D eigenvalue weighted by atomic mass is 10.4. The highest BCUT2D eigenvalue weighted by Gasteiger charge is 2.01. The van der Waals surface area contributed by atoms with Crippen LogP contribution in [0, 0.1) is 0 Å². The fraction of sp³-hybridized carbons (Fsp3) is 0.400. The molecule has 0 saturated heterocycles. The number of aliphatic carboxylic acids is 1. The number of carboxylic acids is 1. The summed E-state index contributed by atoms with van der Waals surface area (Å²) >= 11 is 0. The Morgan fingerprint density at radius 2 is 1.60 bits per heavy atom. The van der Waals surface area contributed by atoms with Crippen molar-refractivity contribution in [2.75, 3.05) is 6.61 Å². The van der Waals surface area contributed by atoms with Gasteiger partial charge in [0.15, 0.2) is 0 Å². The fourth-order valence-corrected chi connectivity index (χ4v) is 0.184. The number of hydrogen-bond acceptors (Lipinski definition) is 4. The predicted molar refractivity (Wildman–Crippen MR) is 55.0 cm³/mol. The minimum Gasteiger partial charge on any atom is -0.478 e. The Morgan fingerprint density at radius 1 is 1.20 bits per heavy atom. The van der Waals surface area contributed by atoms with Gasteiger partial charge in [0.1, 0.15) is 0 Å². The second kappa shape index (κ2) is 8.96. The zero-order chi connectivity index (χ0) is 12.4. The van der Waals surface area contributed by atoms with E-state index in [9.17, 15) is 9.59 Å². The summed E-state index contributed by atoms with van der Waals surface area (Å²) in [5, 5.41) is 7.89. The van der Waals surface area contributed by atoms with Gasteiger partial charge in [0.25, 0.3) is 0 Å². The lowest BCUT2D eigenvalue weighted by molar-refractivity contribution is -0.265. The van der Waals surface area contributed by atoms with E-state index in [2.05, 4.69) is 22.9 Å². The summed E-state index contributed by atoms with van der Waals surface area (Å²) in [6.45, 7) is 11.6. The van der Waals surface area contributed by atoms with Crippen LogP contribution < -0.4 is 0 Å². The number of hydrogen-bond donors (Lipinski definition) is 1. The van der Waals surface area contributed by atoms with E-state index in [1.807, 2.05) is 0 Å². The first-order valence-corrected chi connectivity index (χ1v) is 4.21. The molecule has 0 amide bonds. The average Bonchev–Trinajstić information content (AvgIpc) is 2.14. The smallest absolute Gasteiger partial charge is 0.368 e. The molecule has 0 aromatic carbocycles. The van der Waals surface area contributed by atoms with Gasteiger partial charge in [0.05, 0.1) is 6.61 Å². The Balaban J connectivity index is 0. The van der Waals surface area contributed by atoms with Crippen molar-refractivity contribution in [3.8, 4) is 0 Å². The SMILES string of the molecule is C=C(C)C(=O)O.C=C(C)C(=O)OOCC. The highest BCUT2D eigenvalue weighted by molar-refractivity contribution is 5.86. The molecule has 0 atom stereocenters. The molecule has 0 spiro atoms. The Kier molecular flexibility index (Phi) is 9.45. The van der Waals surface area contributed by atoms with Gasteiger partial charge in [0.2, 0.25) is 0 Å². The van der Waals surface area contributed by atoms with Crippen LogP contribution in [0.5, 0.6) is 0 Å². The summed E-state index contributed by atoms with van der Waals surface area (Å²) < 4.78 is 0. The van der Waals surface area contributed by atoms with Crippen molar-refractivity contribution in [3.63, 3.8) is 0 Å². The molecule has 0 heterocycles. The van der Waals surface area contributed by atoms with Gasteiger partial charge in [-0.15, -0.1) is 0 Å². The van der Waals surface area contributed by atoms with Crippen molar-refractivity contribution in [1.82, 2.24) is 0 Å². The van der Waals surface area contributed by atoms with Crippen LogP contribution in [0.15, 0.2) is 24.3 Å². The number of rotatable bonds is 4. The molecule has 0 unspecified atom stereocenters. The number of carbonyl (C=O) groups is 2. The third kappa shape index (κ3) is 12.4. The lowest BCUT2D eigenvalue weighted by Gasteiger charge is -1.97. The zero-order valence-corrected chi connectivity index (χ0v) is 9.20. The molecule has 0 aliphatic rings. The van der Waals surface area contributed by atoms with E-state index in [-0.39, 0.29) is 5.57 Å². The van der Waals surface area contributed by atoms with Crippen LogP contribution in [0.1, 0.15) is 20.8 Å². The summed E-state index contributed by atoms with van der Waals surface area (Å²) in [7, 11) is 0. The first-order valence-electron chi connectivity index (χ1n) is 4.21. The normalized spacial score (nSPS) is 8.20. The highest BCUT2D eigenvalue weighted by atomic mass is 17.2. The maximum absolute atomic E-state index is 10.5. The van der Waals surface area contributed by atoms with E-state index in [4.69, 9.17) is 5.11 Å². The lowest BCUT2D eigenvalue weighted by Crippen LogP contribution is -2.05. The van der Waals surface area contributed by atoms with Gasteiger partial charge in [-0.2, -0.15) is 4.89 Å². The van der Waals surface area contributed by atoms with Crippen molar-refractivity contribution in [2.24, 2.45) is 0 Å². The minimum absolute atomic E-state index is 0.176. The van der Waals surface area contributed by atoms with Gasteiger partial charge < -0.3 is 5.11 Å². The third-order valence-electron chi connectivity index (χ3n) is 0.966. The topological polar surface area (TPSA) is 72.8 Å². The van der Waals surface area contributed by atoms with Crippen LogP contribution in [0.3, 0.4) is 0 Å². The molecule has 1 N–H and O–H groups in total. The highest BCUT2D eigenvalue weighted by Crippen LogP contribution is 1.91. The van der Waals surface area contributed by atoms with Gasteiger partial charge in [0, 0.05) is 11.1 Å². The van der Waals surface area contributed by atoms with E-state index < -0.39 is 11.9 Å². The molecule has 5 heteroatoms. The van der Waals surface area contributed by atoms with Crippen LogP contribution in [-0.4, -0.2) is 23.7 Å². The molecule has 0 radical (unpaired) electrons. The molecule has 0 bridgehead atoms. The maximum Gasteiger partial charge on any atom is 0.368 e. The van der Waals surface area contributed by atoms with Gasteiger partial charge in [-0.05, 0) is 20.8 Å². The largest absolute Gasteiger partial charge is 0.478 e. The van der Waals surface area contributed by atoms with Gasteiger partial charge >= 0.3 is 11.9 Å². The fourth-order valence-electron chi connectivity index (χ4n) is 0.184. The minimum atomic E-state index is -0.935. The first kappa shape index (κ1) is 15.8. The molecule has 86 valence electrons. The van der Waals surface area contributed by atoms with Gasteiger partial charge in [-0.25, -0.2) is 9.59 Å². The van der Waals surface area contributed by atoms with Crippen LogP contribution in [0.25, 0.3) is 0 Å². The Morgan fingerprint density at radius 3 is 1.80 bits per heavy atom. The monoisotopic (exact) mass is 216 g/mol. The third-order valence-corrected chi connectivity index (χ3v) is 0.966. The van der Waals surface area contributed by atoms with E-state index in [0.29, 0.717) is 12.2 Å². The van der Waals surface area contributed by atoms with Gasteiger partial charge in [-0.1, -0.05) is 13.2 Å². The van der Waals surface area contributed by atoms with Crippen molar-refractivity contribution in [3.05, 3.63) is 24.3 Å². The van der Waals surface area contributed by atoms with E-state index in [1.165, 1.54) is 6.92 Å². The van der Waals surface area contributed by atoms with E-state index in [0.717, 1.165) is 0 Å². The van der Waals surface area contributed by atoms with Crippen LogP contribution in [0.2, 0.25) is 0 Å². The summed E-state index contributed by atoms with van der Waals surface area (Å²) in [5.41, 5.74) is 0.512. The van der Waals surface area contributed by atoms with Gasteiger partial charge in [-0.3, -0.25) is 4.89 Å². The molecule has 15 heavy (non-hydrogen) atoms. The van der Waals surface area contributed by atoms with Crippen molar-refractivity contribution >= 4 is 11.9 Å². The maximum atomic E-state index is 10.5. The molecular formula is C10H16O5. The Hall–Kier alpha value is -1.62. The number of carboxylic acid groups (broad SMARTS) is 1. The van der Waals surface area contributed by atoms with E-state index >= 15 is 0 Å². The van der Waals surface area contributed by atoms with Crippen molar-refractivity contribution in [1.29, 1.82) is 0 Å². The standard InChI is InChI=1S/C6H10O3.C4H6O2/c1-4-8-9-6(7)5(2)3;1-3(2)4(5)6/h2,4H2,1,3H3;1H2,2H3,(H,5,6). The quantitative estimate of drug-likeness (QED) is 0.440. The molecular weight excluding hydrogens is 200 g/mol. The summed E-state index contributed by atoms with van der Waals surface area (Å²) in [6, 6.07) is 0. The van der Waals surface area contributed by atoms with Crippen LogP contribution in [-0.2, 0) is 19.4 Å². The molecule has 0 aliphatic carbocycles. The Labute approximate surface area is 88.9 Å². The first-order chi connectivity index (χ1) is 6.82. The summed E-state index contributed by atoms with van der Waals surface area (Å²) in [5.74, 6) is -1.45. The van der Waals surface area contributed by atoms with Crippen molar-refractivity contribution in [2.45, 2.75) is 20.8 Å². The zero-order valence-electron chi connectivity index (χ0n) is 9.20. The van der Waals surface area contributed by atoms with Crippen LogP contribution >= 0.6 is 0 Å². The summed E-state index contributed by atoms with van der Waals surface area (Å²) in [4.78, 5) is 28.6. The second-order valence-electron chi connectivity index (χ2n) is 2.64. The second-order valence-corrected chi connectivity index (χ2v) is 2.64. The van der Waals surface area contributed by atoms with Crippen molar-refractivity contribution < 1.29 is 24.5 Å². The average molecular weight is 216 g/mol. The molecule has 0 rings (SSSR count). The molecule has 5 nitrogen and oxygen atoms in total. The molecule has 0 aromatic rings. The Bertz CT molecular complexity index is 243. The molecule has 0 aromatic heterocycles. The molecule has 0 fully saturated rings. The summed E-state index contributed by atoms with van der Waals surface area (Å²) in [6.07, 6.45) is 0. The number of carbonyl (C=O) groups excluding carboxylic acids is 1. The van der Waals surface area contributed by atoms with E-state index in [1.54, 1.807) is 13.8 Å². The van der Waals surface area contributed by atoms with Crippen LogP contribution in [0.4, 0.5) is 0 Å². The molecule has 0 aliphatic heterocycles. The predicted octanol–water partition coefficient (Wildman–Crippen LogP) is 1.70.